The van der Waals surface area contributed by atoms with Gasteiger partial charge in [0.15, 0.2) is 0 Å². The molecule has 0 amide bonds. The predicted molar refractivity (Wildman–Crippen MR) is 127 cm³/mol. The maximum atomic E-state index is 9.69. The van der Waals surface area contributed by atoms with E-state index in [4.69, 9.17) is 9.47 Å². The SMILES string of the molecule is CCCOCC(O)CN1CCCC1C.CCCOCC(O)CSCc1ccccc1. The molecule has 1 aromatic carbocycles. The topological polar surface area (TPSA) is 62.2 Å². The molecular weight excluding hydrogens is 398 g/mol. The highest BCUT2D eigenvalue weighted by Crippen LogP contribution is 2.16. The van der Waals surface area contributed by atoms with Gasteiger partial charge in [0.2, 0.25) is 0 Å². The van der Waals surface area contributed by atoms with Crippen molar-refractivity contribution < 1.29 is 19.7 Å². The lowest BCUT2D eigenvalue weighted by Gasteiger charge is -2.23. The lowest BCUT2D eigenvalue weighted by Crippen LogP contribution is -2.36. The largest absolute Gasteiger partial charge is 0.390 e. The van der Waals surface area contributed by atoms with Gasteiger partial charge in [-0.1, -0.05) is 44.2 Å². The number of thioether (sulfide) groups is 1. The van der Waals surface area contributed by atoms with Crippen LogP contribution in [0.15, 0.2) is 30.3 Å². The Labute approximate surface area is 188 Å². The van der Waals surface area contributed by atoms with Crippen molar-refractivity contribution in [1.82, 2.24) is 4.90 Å². The first-order chi connectivity index (χ1) is 14.6. The van der Waals surface area contributed by atoms with E-state index in [2.05, 4.69) is 37.8 Å². The zero-order chi connectivity index (χ0) is 22.0. The van der Waals surface area contributed by atoms with Crippen molar-refractivity contribution in [3.63, 3.8) is 0 Å². The summed E-state index contributed by atoms with van der Waals surface area (Å²) in [5.74, 6) is 1.68. The number of aliphatic hydroxyl groups is 2. The smallest absolute Gasteiger partial charge is 0.0900 e. The standard InChI is InChI=1S/C13H20O2S.C11H23NO2/c1-2-8-15-9-13(14)11-16-10-12-6-4-3-5-7-12;1-3-7-14-9-11(13)8-12-6-4-5-10(12)2/h3-7,13-14H,2,8-11H2,1H3;10-11,13H,3-9H2,1-2H3. The Hall–Kier alpha value is -0.630. The zero-order valence-electron chi connectivity index (χ0n) is 19.2. The average Bonchev–Trinajstić information content (AvgIpc) is 3.14. The number of benzene rings is 1. The summed E-state index contributed by atoms with van der Waals surface area (Å²) in [4.78, 5) is 2.35. The van der Waals surface area contributed by atoms with Gasteiger partial charge >= 0.3 is 0 Å². The normalized spacial score (nSPS) is 18.6. The first-order valence-electron chi connectivity index (χ1n) is 11.4. The second-order valence-electron chi connectivity index (χ2n) is 7.94. The molecule has 1 aliphatic heterocycles. The lowest BCUT2D eigenvalue weighted by molar-refractivity contribution is 0.0158. The van der Waals surface area contributed by atoms with Gasteiger partial charge in [-0.3, -0.25) is 4.90 Å². The number of nitrogens with zero attached hydrogens (tertiary/aromatic N) is 1. The third kappa shape index (κ3) is 13.6. The van der Waals surface area contributed by atoms with Crippen molar-refractivity contribution >= 4 is 11.8 Å². The number of ether oxygens (including phenoxy) is 2. The molecule has 1 saturated heterocycles. The van der Waals surface area contributed by atoms with E-state index < -0.39 is 0 Å². The zero-order valence-corrected chi connectivity index (χ0v) is 20.0. The molecular formula is C24H43NO4S. The molecule has 0 bridgehead atoms. The highest BCUT2D eigenvalue weighted by atomic mass is 32.2. The van der Waals surface area contributed by atoms with E-state index in [9.17, 15) is 10.2 Å². The number of hydrogen-bond acceptors (Lipinski definition) is 6. The Balaban J connectivity index is 0.000000303. The summed E-state index contributed by atoms with van der Waals surface area (Å²) in [7, 11) is 0. The van der Waals surface area contributed by atoms with Gasteiger partial charge in [0.1, 0.15) is 0 Å². The van der Waals surface area contributed by atoms with Gasteiger partial charge in [0.05, 0.1) is 25.4 Å². The van der Waals surface area contributed by atoms with Crippen LogP contribution in [0.2, 0.25) is 0 Å². The first kappa shape index (κ1) is 27.4. The van der Waals surface area contributed by atoms with Crippen LogP contribution in [0.25, 0.3) is 0 Å². The van der Waals surface area contributed by atoms with Crippen LogP contribution in [0, 0.1) is 0 Å². The molecule has 3 unspecified atom stereocenters. The van der Waals surface area contributed by atoms with Gasteiger partial charge in [0.25, 0.3) is 0 Å². The quantitative estimate of drug-likeness (QED) is 0.426. The van der Waals surface area contributed by atoms with Gasteiger partial charge in [-0.05, 0) is 44.7 Å². The van der Waals surface area contributed by atoms with Crippen molar-refractivity contribution in [2.45, 2.75) is 70.5 Å². The molecule has 1 fully saturated rings. The summed E-state index contributed by atoms with van der Waals surface area (Å²) in [6.07, 6.45) is 3.89. The highest BCUT2D eigenvalue weighted by molar-refractivity contribution is 7.98. The molecule has 3 atom stereocenters. The minimum absolute atomic E-state index is 0.318. The summed E-state index contributed by atoms with van der Waals surface area (Å²) in [6.45, 7) is 10.7. The van der Waals surface area contributed by atoms with E-state index in [-0.39, 0.29) is 12.2 Å². The molecule has 174 valence electrons. The number of β-amino-alcohol motifs (C(OH)–C–C–N with tert-alkyl or cyclic N) is 1. The molecule has 6 heteroatoms. The van der Waals surface area contributed by atoms with Crippen molar-refractivity contribution in [3.05, 3.63) is 35.9 Å². The predicted octanol–water partition coefficient (Wildman–Crippen LogP) is 3.97. The molecule has 0 aromatic heterocycles. The van der Waals surface area contributed by atoms with Crippen LogP contribution < -0.4 is 0 Å². The van der Waals surface area contributed by atoms with E-state index in [1.54, 1.807) is 11.8 Å². The van der Waals surface area contributed by atoms with Crippen LogP contribution in [0.4, 0.5) is 0 Å². The Bertz CT molecular complexity index is 505. The fourth-order valence-corrected chi connectivity index (χ4v) is 4.16. The van der Waals surface area contributed by atoms with Crippen molar-refractivity contribution in [2.75, 3.05) is 45.3 Å². The number of hydrogen-bond donors (Lipinski definition) is 2. The Kier molecular flexibility index (Phi) is 16.4. The van der Waals surface area contributed by atoms with Crippen molar-refractivity contribution in [1.29, 1.82) is 0 Å². The third-order valence-corrected chi connectivity index (χ3v) is 6.03. The second kappa shape index (κ2) is 18.0. The first-order valence-corrected chi connectivity index (χ1v) is 12.6. The fourth-order valence-electron chi connectivity index (χ4n) is 3.25. The fraction of sp³-hybridized carbons (Fsp3) is 0.750. The molecule has 30 heavy (non-hydrogen) atoms. The number of aliphatic hydroxyl groups excluding tert-OH is 2. The van der Waals surface area contributed by atoms with Crippen LogP contribution in [0.1, 0.15) is 52.0 Å². The molecule has 0 aliphatic carbocycles. The van der Waals surface area contributed by atoms with E-state index in [0.717, 1.165) is 50.7 Å². The van der Waals surface area contributed by atoms with Gasteiger partial charge in [-0.25, -0.2) is 0 Å². The molecule has 0 radical (unpaired) electrons. The number of rotatable bonds is 14. The summed E-state index contributed by atoms with van der Waals surface area (Å²) in [5.41, 5.74) is 1.30. The molecule has 1 aromatic rings. The van der Waals surface area contributed by atoms with Crippen molar-refractivity contribution in [3.8, 4) is 0 Å². The molecule has 2 rings (SSSR count). The minimum atomic E-state index is -0.347. The third-order valence-electron chi connectivity index (χ3n) is 4.88. The molecule has 0 spiro atoms. The van der Waals surface area contributed by atoms with Gasteiger partial charge in [-0.2, -0.15) is 11.8 Å². The van der Waals surface area contributed by atoms with E-state index >= 15 is 0 Å². The van der Waals surface area contributed by atoms with Crippen molar-refractivity contribution in [2.24, 2.45) is 0 Å². The summed E-state index contributed by atoms with van der Waals surface area (Å²) < 4.78 is 10.6. The molecule has 2 N–H and O–H groups in total. The van der Waals surface area contributed by atoms with Crippen LogP contribution in [0.5, 0.6) is 0 Å². The van der Waals surface area contributed by atoms with Crippen LogP contribution >= 0.6 is 11.8 Å². The summed E-state index contributed by atoms with van der Waals surface area (Å²) >= 11 is 1.74. The average molecular weight is 442 g/mol. The van der Waals surface area contributed by atoms with Crippen LogP contribution in [-0.2, 0) is 15.2 Å². The summed E-state index contributed by atoms with van der Waals surface area (Å²) in [5, 5.41) is 19.3. The minimum Gasteiger partial charge on any atom is -0.390 e. The van der Waals surface area contributed by atoms with Crippen LogP contribution in [0.3, 0.4) is 0 Å². The molecule has 1 aliphatic rings. The van der Waals surface area contributed by atoms with Gasteiger partial charge < -0.3 is 19.7 Å². The maximum absolute atomic E-state index is 9.69. The summed E-state index contributed by atoms with van der Waals surface area (Å²) in [6, 6.07) is 10.9. The Morgan fingerprint density at radius 3 is 2.23 bits per heavy atom. The van der Waals surface area contributed by atoms with Gasteiger partial charge in [-0.15, -0.1) is 0 Å². The van der Waals surface area contributed by atoms with E-state index in [0.29, 0.717) is 19.3 Å². The highest BCUT2D eigenvalue weighted by Gasteiger charge is 2.22. The maximum Gasteiger partial charge on any atom is 0.0900 e. The lowest BCUT2D eigenvalue weighted by atomic mass is 10.2. The Morgan fingerprint density at radius 1 is 1.03 bits per heavy atom. The van der Waals surface area contributed by atoms with Crippen LogP contribution in [-0.4, -0.2) is 78.6 Å². The van der Waals surface area contributed by atoms with E-state index in [1.807, 2.05) is 18.2 Å². The molecule has 0 saturated carbocycles. The molecule has 5 nitrogen and oxygen atoms in total. The molecule has 1 heterocycles. The number of likely N-dealkylation sites (tertiary alicyclic amines) is 1. The second-order valence-corrected chi connectivity index (χ2v) is 8.97. The van der Waals surface area contributed by atoms with E-state index in [1.165, 1.54) is 18.4 Å². The van der Waals surface area contributed by atoms with Gasteiger partial charge in [0, 0.05) is 37.3 Å². The Morgan fingerprint density at radius 2 is 1.67 bits per heavy atom. The monoisotopic (exact) mass is 441 g/mol.